The van der Waals surface area contributed by atoms with Crippen molar-refractivity contribution in [2.45, 2.75) is 25.0 Å². The summed E-state index contributed by atoms with van der Waals surface area (Å²) in [6.45, 7) is 2.64. The Morgan fingerprint density at radius 1 is 0.949 bits per heavy atom. The summed E-state index contributed by atoms with van der Waals surface area (Å²) in [5.74, 6) is -2.65. The van der Waals surface area contributed by atoms with Crippen LogP contribution in [0.1, 0.15) is 24.8 Å². The Labute approximate surface area is 228 Å². The predicted octanol–water partition coefficient (Wildman–Crippen LogP) is 5.57. The van der Waals surface area contributed by atoms with E-state index in [2.05, 4.69) is 31.6 Å². The number of likely N-dealkylation sites (tertiary alicyclic amines) is 1. The van der Waals surface area contributed by atoms with Crippen LogP contribution in [0.3, 0.4) is 0 Å². The molecule has 204 valence electrons. The fraction of sp³-hybridized carbons (Fsp3) is 0.250. The molecule has 2 aromatic carbocycles. The van der Waals surface area contributed by atoms with E-state index in [1.807, 2.05) is 6.07 Å². The van der Waals surface area contributed by atoms with Gasteiger partial charge in [0.15, 0.2) is 11.6 Å². The molecule has 3 heterocycles. The van der Waals surface area contributed by atoms with Gasteiger partial charge < -0.3 is 20.1 Å². The molecule has 0 saturated carbocycles. The topological polar surface area (TPSA) is 106 Å². The van der Waals surface area contributed by atoms with Gasteiger partial charge >= 0.3 is 0 Å². The number of nitrogen functional groups attached to an aromatic ring is 1. The summed E-state index contributed by atoms with van der Waals surface area (Å²) in [5.41, 5.74) is 7.02. The van der Waals surface area contributed by atoms with Gasteiger partial charge in [-0.2, -0.15) is 4.39 Å². The minimum Gasteiger partial charge on any atom is -0.435 e. The number of nitrogens with zero attached hydrogens (tertiary/aromatic N) is 4. The zero-order valence-corrected chi connectivity index (χ0v) is 22.3. The number of hydrogen-bond acceptors (Lipinski definition) is 7. The number of ether oxygens (including phenoxy) is 1. The second-order valence-corrected chi connectivity index (χ2v) is 10.1. The van der Waals surface area contributed by atoms with Crippen LogP contribution in [0.4, 0.5) is 20.4 Å². The first kappa shape index (κ1) is 28.1. The lowest BCUT2D eigenvalue weighted by Gasteiger charge is -2.20. The smallest absolute Gasteiger partial charge is 0.228 e. The maximum absolute atomic E-state index is 14.7. The zero-order valence-electron chi connectivity index (χ0n) is 21.5. The van der Waals surface area contributed by atoms with Crippen LogP contribution in [-0.2, 0) is 16.7 Å². The molecule has 0 spiro atoms. The van der Waals surface area contributed by atoms with Crippen molar-refractivity contribution >= 4 is 22.6 Å². The average Bonchev–Trinajstić information content (AvgIpc) is 2.94. The lowest BCUT2D eigenvalue weighted by molar-refractivity contribution is 0.277. The van der Waals surface area contributed by atoms with E-state index >= 15 is 0 Å². The summed E-state index contributed by atoms with van der Waals surface area (Å²) < 4.78 is 49.7. The maximum Gasteiger partial charge on any atom is 0.228 e. The summed E-state index contributed by atoms with van der Waals surface area (Å²) in [4.78, 5) is 14.4. The highest BCUT2D eigenvalue weighted by atomic mass is 32.2. The molecule has 1 atom stereocenters. The standard InChI is InChI=1S/C22H17F2N5O2S.C6H13N/c23-19-17(29-32(30)13-14-5-2-1-3-6-14)8-9-18(20(19)24)31-21-15(7-4-11-26-21)16-10-12-27-22(25)28-16;1-7-5-3-2-4-6-7/h1-12,29H,13H2,(H2,25,27,28);2-6H2,1H3. The zero-order chi connectivity index (χ0) is 27.6. The number of nitrogens with one attached hydrogen (secondary N) is 1. The Hall–Kier alpha value is -3.96. The van der Waals surface area contributed by atoms with Gasteiger partial charge in [0.25, 0.3) is 0 Å². The molecule has 0 radical (unpaired) electrons. The highest BCUT2D eigenvalue weighted by Crippen LogP contribution is 2.34. The number of aromatic nitrogens is 3. The van der Waals surface area contributed by atoms with E-state index in [0.717, 1.165) is 5.56 Å². The van der Waals surface area contributed by atoms with E-state index in [-0.39, 0.29) is 29.0 Å². The minimum absolute atomic E-state index is 0.0114. The molecule has 0 aliphatic carbocycles. The second-order valence-electron chi connectivity index (χ2n) is 8.94. The summed E-state index contributed by atoms with van der Waals surface area (Å²) in [7, 11) is 0.542. The Morgan fingerprint density at radius 3 is 2.41 bits per heavy atom. The first-order valence-corrected chi connectivity index (χ1v) is 13.8. The summed E-state index contributed by atoms with van der Waals surface area (Å²) >= 11 is 0. The van der Waals surface area contributed by atoms with E-state index in [9.17, 15) is 13.0 Å². The molecule has 4 aromatic rings. The molecule has 1 aliphatic heterocycles. The van der Waals surface area contributed by atoms with Crippen molar-refractivity contribution in [3.8, 4) is 22.9 Å². The van der Waals surface area contributed by atoms with Crippen molar-refractivity contribution in [1.82, 2.24) is 19.9 Å². The molecule has 1 saturated heterocycles. The van der Waals surface area contributed by atoms with E-state index in [4.69, 9.17) is 10.5 Å². The first-order chi connectivity index (χ1) is 18.9. The molecule has 0 amide bonds. The van der Waals surface area contributed by atoms with Gasteiger partial charge in [-0.05, 0) is 68.9 Å². The third-order valence-corrected chi connectivity index (χ3v) is 6.96. The van der Waals surface area contributed by atoms with Crippen LogP contribution in [0.15, 0.2) is 73.1 Å². The second kappa shape index (κ2) is 13.7. The molecular formula is C28H30F2N6O2S. The van der Waals surface area contributed by atoms with Crippen LogP contribution >= 0.6 is 0 Å². The lowest BCUT2D eigenvalue weighted by atomic mass is 10.1. The molecular weight excluding hydrogens is 522 g/mol. The number of rotatable bonds is 7. The largest absolute Gasteiger partial charge is 0.435 e. The number of pyridine rings is 1. The monoisotopic (exact) mass is 552 g/mol. The Morgan fingerprint density at radius 2 is 1.72 bits per heavy atom. The van der Waals surface area contributed by atoms with Gasteiger partial charge in [0.05, 0.1) is 22.7 Å². The van der Waals surface area contributed by atoms with E-state index in [1.54, 1.807) is 42.5 Å². The average molecular weight is 553 g/mol. The fourth-order valence-corrected chi connectivity index (χ4v) is 4.89. The summed E-state index contributed by atoms with van der Waals surface area (Å²) in [6, 6.07) is 16.4. The summed E-state index contributed by atoms with van der Waals surface area (Å²) in [6.07, 6.45) is 7.18. The van der Waals surface area contributed by atoms with Crippen molar-refractivity contribution < 1.29 is 17.7 Å². The molecule has 2 aromatic heterocycles. The lowest BCUT2D eigenvalue weighted by Crippen LogP contribution is -2.24. The third kappa shape index (κ3) is 8.01. The fourth-order valence-electron chi connectivity index (χ4n) is 3.92. The molecule has 0 bridgehead atoms. The van der Waals surface area contributed by atoms with E-state index in [1.165, 1.54) is 56.9 Å². The molecule has 1 unspecified atom stereocenters. The van der Waals surface area contributed by atoms with E-state index in [0.29, 0.717) is 11.3 Å². The number of hydrogen-bond donors (Lipinski definition) is 2. The number of benzene rings is 2. The Balaban J connectivity index is 0.000000438. The van der Waals surface area contributed by atoms with Crippen molar-refractivity contribution in [3.05, 3.63) is 90.3 Å². The van der Waals surface area contributed by atoms with Crippen LogP contribution in [0.2, 0.25) is 0 Å². The van der Waals surface area contributed by atoms with Gasteiger partial charge in [0, 0.05) is 12.4 Å². The van der Waals surface area contributed by atoms with Gasteiger partial charge in [0.1, 0.15) is 11.0 Å². The van der Waals surface area contributed by atoms with Crippen molar-refractivity contribution in [2.24, 2.45) is 0 Å². The van der Waals surface area contributed by atoms with E-state index < -0.39 is 22.6 Å². The predicted molar refractivity (Wildman–Crippen MR) is 149 cm³/mol. The molecule has 1 aliphatic rings. The highest BCUT2D eigenvalue weighted by molar-refractivity contribution is 7.85. The highest BCUT2D eigenvalue weighted by Gasteiger charge is 2.19. The minimum atomic E-state index is -1.65. The number of halogens is 2. The van der Waals surface area contributed by atoms with Crippen molar-refractivity contribution in [2.75, 3.05) is 30.6 Å². The SMILES string of the molecule is CN1CCCCC1.Nc1nccc(-c2cccnc2Oc2ccc(NS(=O)Cc3ccccc3)c(F)c2F)n1. The number of piperidine rings is 1. The van der Waals surface area contributed by atoms with Gasteiger partial charge in [-0.1, -0.05) is 36.8 Å². The van der Waals surface area contributed by atoms with Crippen LogP contribution in [-0.4, -0.2) is 44.2 Å². The molecule has 5 rings (SSSR count). The molecule has 1 fully saturated rings. The molecule has 3 N–H and O–H groups in total. The quantitative estimate of drug-likeness (QED) is 0.309. The molecule has 39 heavy (non-hydrogen) atoms. The Bertz CT molecular complexity index is 1400. The van der Waals surface area contributed by atoms with Crippen LogP contribution in [0.5, 0.6) is 11.6 Å². The normalized spacial score (nSPS) is 14.1. The molecule has 8 nitrogen and oxygen atoms in total. The van der Waals surface area contributed by atoms with Crippen LogP contribution in [0, 0.1) is 11.6 Å². The van der Waals surface area contributed by atoms with Crippen LogP contribution < -0.4 is 15.2 Å². The maximum atomic E-state index is 14.7. The third-order valence-electron chi connectivity index (χ3n) is 5.92. The molecule has 11 heteroatoms. The van der Waals surface area contributed by atoms with Gasteiger partial charge in [-0.15, -0.1) is 0 Å². The van der Waals surface area contributed by atoms with Gasteiger partial charge in [0.2, 0.25) is 17.6 Å². The first-order valence-electron chi connectivity index (χ1n) is 12.5. The van der Waals surface area contributed by atoms with Gasteiger partial charge in [-0.3, -0.25) is 0 Å². The number of anilines is 2. The van der Waals surface area contributed by atoms with Gasteiger partial charge in [-0.25, -0.2) is 23.6 Å². The Kier molecular flexibility index (Phi) is 9.87. The van der Waals surface area contributed by atoms with Crippen LogP contribution in [0.25, 0.3) is 11.3 Å². The van der Waals surface area contributed by atoms with Crippen molar-refractivity contribution in [3.63, 3.8) is 0 Å². The number of nitrogens with two attached hydrogens (primary N) is 1. The summed E-state index contributed by atoms with van der Waals surface area (Å²) in [5, 5.41) is 0. The van der Waals surface area contributed by atoms with Crippen molar-refractivity contribution in [1.29, 1.82) is 0 Å².